The van der Waals surface area contributed by atoms with Crippen molar-refractivity contribution < 1.29 is 19.2 Å². The van der Waals surface area contributed by atoms with Crippen molar-refractivity contribution in [2.45, 2.75) is 31.8 Å². The first-order valence-corrected chi connectivity index (χ1v) is 5.97. The molecule has 1 aromatic rings. The van der Waals surface area contributed by atoms with Gasteiger partial charge in [0.2, 0.25) is 0 Å². The molecule has 0 radical (unpaired) electrons. The van der Waals surface area contributed by atoms with Crippen molar-refractivity contribution in [1.29, 1.82) is 0 Å². The minimum Gasteiger partial charge on any atom is -0.488 e. The smallest absolute Gasteiger partial charge is 0.310 e. The minimum atomic E-state index is -0.516. The van der Waals surface area contributed by atoms with Crippen LogP contribution >= 0.6 is 0 Å². The Labute approximate surface area is 110 Å². The van der Waals surface area contributed by atoms with Gasteiger partial charge in [0.1, 0.15) is 11.4 Å². The first kappa shape index (κ1) is 13.3. The summed E-state index contributed by atoms with van der Waals surface area (Å²) in [7, 11) is 1.25. The molecule has 0 heterocycles. The first-order chi connectivity index (χ1) is 8.93. The molecular weight excluding hydrogens is 250 g/mol. The van der Waals surface area contributed by atoms with Crippen LogP contribution in [0.5, 0.6) is 5.75 Å². The highest BCUT2D eigenvalue weighted by Crippen LogP contribution is 2.40. The summed E-state index contributed by atoms with van der Waals surface area (Å²) < 4.78 is 10.3. The SMILES string of the molecule is COC(=O)Cc1cc(OC2(C)CC2)ccc1[N+](=O)[O-]. The van der Waals surface area contributed by atoms with Gasteiger partial charge in [0.25, 0.3) is 5.69 Å². The number of nitro groups is 1. The van der Waals surface area contributed by atoms with Crippen molar-refractivity contribution in [2.75, 3.05) is 7.11 Å². The van der Waals surface area contributed by atoms with Gasteiger partial charge in [0.05, 0.1) is 18.5 Å². The van der Waals surface area contributed by atoms with E-state index in [0.717, 1.165) is 12.8 Å². The van der Waals surface area contributed by atoms with Crippen LogP contribution in [0.4, 0.5) is 5.69 Å². The summed E-state index contributed by atoms with van der Waals surface area (Å²) in [6.07, 6.45) is 1.80. The molecule has 0 spiro atoms. The van der Waals surface area contributed by atoms with Gasteiger partial charge in [0.15, 0.2) is 0 Å². The molecule has 0 N–H and O–H groups in total. The second-order valence-corrected chi connectivity index (χ2v) is 4.85. The largest absolute Gasteiger partial charge is 0.488 e. The third-order valence-corrected chi connectivity index (χ3v) is 3.13. The molecule has 0 bridgehead atoms. The number of carbonyl (C=O) groups is 1. The molecule has 0 saturated heterocycles. The van der Waals surface area contributed by atoms with Crippen molar-refractivity contribution in [1.82, 2.24) is 0 Å². The van der Waals surface area contributed by atoms with Crippen LogP contribution in [0.15, 0.2) is 18.2 Å². The van der Waals surface area contributed by atoms with Crippen molar-refractivity contribution >= 4 is 11.7 Å². The second-order valence-electron chi connectivity index (χ2n) is 4.85. The third-order valence-electron chi connectivity index (χ3n) is 3.13. The number of methoxy groups -OCH3 is 1. The summed E-state index contributed by atoms with van der Waals surface area (Å²) in [6.45, 7) is 1.98. The summed E-state index contributed by atoms with van der Waals surface area (Å²) >= 11 is 0. The predicted octanol–water partition coefficient (Wildman–Crippen LogP) is 2.24. The van der Waals surface area contributed by atoms with Crippen LogP contribution in [0.3, 0.4) is 0 Å². The lowest BCUT2D eigenvalue weighted by Gasteiger charge is -2.13. The Morgan fingerprint density at radius 2 is 2.16 bits per heavy atom. The van der Waals surface area contributed by atoms with Gasteiger partial charge >= 0.3 is 5.97 Å². The van der Waals surface area contributed by atoms with E-state index in [2.05, 4.69) is 4.74 Å². The molecule has 1 fully saturated rings. The van der Waals surface area contributed by atoms with E-state index in [4.69, 9.17) is 4.74 Å². The summed E-state index contributed by atoms with van der Waals surface area (Å²) in [4.78, 5) is 21.7. The van der Waals surface area contributed by atoms with Crippen molar-refractivity contribution in [3.8, 4) is 5.75 Å². The van der Waals surface area contributed by atoms with Gasteiger partial charge < -0.3 is 9.47 Å². The number of rotatable bonds is 5. The monoisotopic (exact) mass is 265 g/mol. The van der Waals surface area contributed by atoms with Crippen LogP contribution in [0.1, 0.15) is 25.3 Å². The zero-order chi connectivity index (χ0) is 14.0. The Balaban J connectivity index is 2.26. The molecular formula is C13H15NO5. The predicted molar refractivity (Wildman–Crippen MR) is 67.1 cm³/mol. The summed E-state index contributed by atoms with van der Waals surface area (Å²) in [5.41, 5.74) is 0.0378. The molecule has 1 aliphatic rings. The number of hydrogen-bond donors (Lipinski definition) is 0. The van der Waals surface area contributed by atoms with Crippen molar-refractivity contribution in [2.24, 2.45) is 0 Å². The fourth-order valence-corrected chi connectivity index (χ4v) is 1.74. The van der Waals surface area contributed by atoms with Crippen LogP contribution in [-0.4, -0.2) is 23.6 Å². The van der Waals surface area contributed by atoms with Crippen LogP contribution in [0.2, 0.25) is 0 Å². The van der Waals surface area contributed by atoms with E-state index in [-0.39, 0.29) is 17.7 Å². The highest BCUT2D eigenvalue weighted by atomic mass is 16.6. The maximum atomic E-state index is 11.3. The average Bonchev–Trinajstić information content (AvgIpc) is 3.06. The van der Waals surface area contributed by atoms with E-state index in [9.17, 15) is 14.9 Å². The van der Waals surface area contributed by atoms with Gasteiger partial charge in [-0.15, -0.1) is 0 Å². The zero-order valence-corrected chi connectivity index (χ0v) is 10.8. The standard InChI is InChI=1S/C13H15NO5/c1-13(5-6-13)19-10-3-4-11(14(16)17)9(7-10)8-12(15)18-2/h3-4,7H,5-6,8H2,1-2H3. The Kier molecular flexibility index (Phi) is 3.42. The third kappa shape index (κ3) is 3.21. The molecule has 1 aliphatic carbocycles. The Morgan fingerprint density at radius 3 is 2.68 bits per heavy atom. The summed E-state index contributed by atoms with van der Waals surface area (Å²) in [5, 5.41) is 10.9. The molecule has 0 atom stereocenters. The van der Waals surface area contributed by atoms with Gasteiger partial charge in [-0.05, 0) is 31.9 Å². The molecule has 19 heavy (non-hydrogen) atoms. The van der Waals surface area contributed by atoms with Crippen molar-refractivity contribution in [3.63, 3.8) is 0 Å². The first-order valence-electron chi connectivity index (χ1n) is 5.97. The van der Waals surface area contributed by atoms with E-state index in [1.54, 1.807) is 12.1 Å². The number of carbonyl (C=O) groups excluding carboxylic acids is 1. The zero-order valence-electron chi connectivity index (χ0n) is 10.8. The summed E-state index contributed by atoms with van der Waals surface area (Å²) in [6, 6.07) is 4.46. The number of nitrogens with zero attached hydrogens (tertiary/aromatic N) is 1. The van der Waals surface area contributed by atoms with Gasteiger partial charge in [-0.3, -0.25) is 14.9 Å². The Hall–Kier alpha value is -2.11. The Morgan fingerprint density at radius 1 is 1.47 bits per heavy atom. The van der Waals surface area contributed by atoms with Crippen molar-refractivity contribution in [3.05, 3.63) is 33.9 Å². The fourth-order valence-electron chi connectivity index (χ4n) is 1.74. The quantitative estimate of drug-likeness (QED) is 0.463. The van der Waals surface area contributed by atoms with E-state index in [1.807, 2.05) is 6.92 Å². The van der Waals surface area contributed by atoms with E-state index in [1.165, 1.54) is 13.2 Å². The van der Waals surface area contributed by atoms with E-state index >= 15 is 0 Å². The van der Waals surface area contributed by atoms with Gasteiger partial charge in [-0.2, -0.15) is 0 Å². The van der Waals surface area contributed by atoms with E-state index < -0.39 is 10.9 Å². The number of ether oxygens (including phenoxy) is 2. The topological polar surface area (TPSA) is 78.7 Å². The molecule has 0 aliphatic heterocycles. The molecule has 6 heteroatoms. The number of hydrogen-bond acceptors (Lipinski definition) is 5. The van der Waals surface area contributed by atoms with Crippen LogP contribution in [0, 0.1) is 10.1 Å². The van der Waals surface area contributed by atoms with Crippen LogP contribution in [0.25, 0.3) is 0 Å². The fraction of sp³-hybridized carbons (Fsp3) is 0.462. The van der Waals surface area contributed by atoms with Gasteiger partial charge in [-0.25, -0.2) is 0 Å². The van der Waals surface area contributed by atoms with Crippen LogP contribution < -0.4 is 4.74 Å². The lowest BCUT2D eigenvalue weighted by atomic mass is 10.1. The highest BCUT2D eigenvalue weighted by molar-refractivity contribution is 5.74. The average molecular weight is 265 g/mol. The number of benzene rings is 1. The highest BCUT2D eigenvalue weighted by Gasteiger charge is 2.40. The summed E-state index contributed by atoms with van der Waals surface area (Å²) in [5.74, 6) is 0.0300. The lowest BCUT2D eigenvalue weighted by molar-refractivity contribution is -0.385. The minimum absolute atomic E-state index is 0.0984. The molecule has 1 saturated carbocycles. The molecule has 102 valence electrons. The molecule has 1 aromatic carbocycles. The second kappa shape index (κ2) is 4.87. The molecule has 6 nitrogen and oxygen atoms in total. The van der Waals surface area contributed by atoms with Gasteiger partial charge in [-0.1, -0.05) is 0 Å². The number of nitro benzene ring substituents is 1. The molecule has 0 amide bonds. The van der Waals surface area contributed by atoms with Crippen LogP contribution in [-0.2, 0) is 16.0 Å². The molecule has 2 rings (SSSR count). The maximum Gasteiger partial charge on any atom is 0.310 e. The number of esters is 1. The maximum absolute atomic E-state index is 11.3. The lowest BCUT2D eigenvalue weighted by Crippen LogP contribution is -2.13. The van der Waals surface area contributed by atoms with E-state index in [0.29, 0.717) is 11.3 Å². The molecule has 0 aromatic heterocycles. The van der Waals surface area contributed by atoms with Gasteiger partial charge in [0, 0.05) is 11.6 Å². The normalized spacial score (nSPS) is 15.7. The molecule has 0 unspecified atom stereocenters. The Bertz CT molecular complexity index is 522.